The van der Waals surface area contributed by atoms with Crippen LogP contribution >= 0.6 is 0 Å². The molecule has 1 heterocycles. The highest BCUT2D eigenvalue weighted by molar-refractivity contribution is 6.04. The van der Waals surface area contributed by atoms with Crippen molar-refractivity contribution < 1.29 is 9.53 Å². The number of pyridine rings is 1. The summed E-state index contributed by atoms with van der Waals surface area (Å²) in [6.07, 6.45) is 6.95. The molecule has 26 heavy (non-hydrogen) atoms. The molecule has 0 atom stereocenters. The van der Waals surface area contributed by atoms with Gasteiger partial charge in [-0.05, 0) is 72.9 Å². The highest BCUT2D eigenvalue weighted by Crippen LogP contribution is 2.25. The normalized spacial score (nSPS) is 12.5. The van der Waals surface area contributed by atoms with Gasteiger partial charge < -0.3 is 10.1 Å². The van der Waals surface area contributed by atoms with Gasteiger partial charge in [-0.1, -0.05) is 12.1 Å². The summed E-state index contributed by atoms with van der Waals surface area (Å²) in [7, 11) is 0. The van der Waals surface area contributed by atoms with Gasteiger partial charge in [-0.15, -0.1) is 0 Å². The Morgan fingerprint density at radius 3 is 2.69 bits per heavy atom. The number of fused-ring (bicyclic) bond motifs is 1. The summed E-state index contributed by atoms with van der Waals surface area (Å²) in [5, 5.41) is 2.98. The third-order valence-corrected chi connectivity index (χ3v) is 4.60. The topological polar surface area (TPSA) is 51.2 Å². The van der Waals surface area contributed by atoms with E-state index < -0.39 is 0 Å². The molecule has 0 saturated carbocycles. The lowest BCUT2D eigenvalue weighted by atomic mass is 10.1. The molecule has 0 fully saturated rings. The van der Waals surface area contributed by atoms with Gasteiger partial charge in [0.2, 0.25) is 0 Å². The summed E-state index contributed by atoms with van der Waals surface area (Å²) in [6.45, 7) is 0.453. The fourth-order valence-corrected chi connectivity index (χ4v) is 3.21. The number of amides is 1. The molecule has 0 aliphatic heterocycles. The molecule has 0 saturated heterocycles. The molecule has 0 radical (unpaired) electrons. The highest BCUT2D eigenvalue weighted by atomic mass is 16.5. The highest BCUT2D eigenvalue weighted by Gasteiger charge is 2.12. The van der Waals surface area contributed by atoms with Gasteiger partial charge in [0.15, 0.2) is 0 Å². The van der Waals surface area contributed by atoms with Gasteiger partial charge in [-0.3, -0.25) is 9.78 Å². The fourth-order valence-electron chi connectivity index (χ4n) is 3.21. The summed E-state index contributed by atoms with van der Waals surface area (Å²) < 4.78 is 5.72. The number of hydrogen-bond donors (Lipinski definition) is 1. The molecule has 4 nitrogen and oxygen atoms in total. The zero-order valence-electron chi connectivity index (χ0n) is 14.4. The van der Waals surface area contributed by atoms with Crippen molar-refractivity contribution in [3.05, 3.63) is 89.2 Å². The minimum absolute atomic E-state index is 0.109. The molecule has 1 amide bonds. The molecule has 0 unspecified atom stereocenters. The molecular weight excluding hydrogens is 324 g/mol. The van der Waals surface area contributed by atoms with E-state index >= 15 is 0 Å². The van der Waals surface area contributed by atoms with Crippen molar-refractivity contribution in [2.24, 2.45) is 0 Å². The van der Waals surface area contributed by atoms with Crippen LogP contribution in [0.1, 0.15) is 33.5 Å². The SMILES string of the molecule is O=C(Nc1ccc2c(c1)CCC2)c1ccc(OCc2cccnc2)cc1. The first-order valence-corrected chi connectivity index (χ1v) is 8.83. The van der Waals surface area contributed by atoms with E-state index in [2.05, 4.69) is 22.4 Å². The van der Waals surface area contributed by atoms with Crippen LogP contribution in [0.3, 0.4) is 0 Å². The Kier molecular flexibility index (Phi) is 4.65. The largest absolute Gasteiger partial charge is 0.489 e. The first kappa shape index (κ1) is 16.3. The van der Waals surface area contributed by atoms with Crippen LogP contribution < -0.4 is 10.1 Å². The second-order valence-corrected chi connectivity index (χ2v) is 6.47. The minimum Gasteiger partial charge on any atom is -0.489 e. The lowest BCUT2D eigenvalue weighted by Crippen LogP contribution is -2.12. The average Bonchev–Trinajstić information content (AvgIpc) is 3.15. The van der Waals surface area contributed by atoms with E-state index in [-0.39, 0.29) is 5.91 Å². The Bertz CT molecular complexity index is 905. The molecule has 4 heteroatoms. The number of anilines is 1. The zero-order valence-corrected chi connectivity index (χ0v) is 14.4. The van der Waals surface area contributed by atoms with Gasteiger partial charge in [-0.2, -0.15) is 0 Å². The summed E-state index contributed by atoms with van der Waals surface area (Å²) in [6, 6.07) is 17.2. The van der Waals surface area contributed by atoms with Crippen LogP contribution in [-0.2, 0) is 19.4 Å². The first-order chi connectivity index (χ1) is 12.8. The summed E-state index contributed by atoms with van der Waals surface area (Å²) in [5.41, 5.74) is 5.22. The molecule has 3 aromatic rings. The fraction of sp³-hybridized carbons (Fsp3) is 0.182. The lowest BCUT2D eigenvalue weighted by molar-refractivity contribution is 0.102. The van der Waals surface area contributed by atoms with Crippen LogP contribution in [0.25, 0.3) is 0 Å². The second kappa shape index (κ2) is 7.40. The molecule has 1 aliphatic rings. The Morgan fingerprint density at radius 1 is 1.04 bits per heavy atom. The Hall–Kier alpha value is -3.14. The van der Waals surface area contributed by atoms with Gasteiger partial charge in [0.1, 0.15) is 12.4 Å². The van der Waals surface area contributed by atoms with Crippen LogP contribution in [-0.4, -0.2) is 10.9 Å². The van der Waals surface area contributed by atoms with Gasteiger partial charge in [0.05, 0.1) is 0 Å². The molecule has 4 rings (SSSR count). The Morgan fingerprint density at radius 2 is 1.88 bits per heavy atom. The van der Waals surface area contributed by atoms with E-state index in [9.17, 15) is 4.79 Å². The van der Waals surface area contributed by atoms with E-state index in [1.165, 1.54) is 17.5 Å². The standard InChI is InChI=1S/C22H20N2O2/c25-22(24-20-9-6-17-4-1-5-19(17)13-20)18-7-10-21(11-8-18)26-15-16-3-2-12-23-14-16/h2-3,6-14H,1,4-5,15H2,(H,24,25). The number of nitrogens with zero attached hydrogens (tertiary/aromatic N) is 1. The maximum absolute atomic E-state index is 12.4. The van der Waals surface area contributed by atoms with Crippen molar-refractivity contribution in [2.45, 2.75) is 25.9 Å². The number of aromatic nitrogens is 1. The summed E-state index contributed by atoms with van der Waals surface area (Å²) in [4.78, 5) is 16.5. The zero-order chi connectivity index (χ0) is 17.8. The summed E-state index contributed by atoms with van der Waals surface area (Å²) in [5.74, 6) is 0.615. The van der Waals surface area contributed by atoms with E-state index in [0.717, 1.165) is 29.8 Å². The molecule has 0 bridgehead atoms. The van der Waals surface area contributed by atoms with Crippen LogP contribution in [0.15, 0.2) is 67.0 Å². The van der Waals surface area contributed by atoms with Crippen molar-refractivity contribution in [2.75, 3.05) is 5.32 Å². The third kappa shape index (κ3) is 3.75. The number of benzene rings is 2. The third-order valence-electron chi connectivity index (χ3n) is 4.60. The number of aryl methyl sites for hydroxylation is 2. The van der Waals surface area contributed by atoms with Crippen molar-refractivity contribution in [1.29, 1.82) is 0 Å². The van der Waals surface area contributed by atoms with E-state index in [1.54, 1.807) is 24.5 Å². The first-order valence-electron chi connectivity index (χ1n) is 8.83. The molecule has 0 spiro atoms. The Labute approximate surface area is 152 Å². The predicted molar refractivity (Wildman–Crippen MR) is 101 cm³/mol. The molecule has 130 valence electrons. The van der Waals surface area contributed by atoms with E-state index in [0.29, 0.717) is 12.2 Å². The van der Waals surface area contributed by atoms with Crippen molar-refractivity contribution in [3.8, 4) is 5.75 Å². The Balaban J connectivity index is 1.37. The maximum atomic E-state index is 12.4. The number of rotatable bonds is 5. The van der Waals surface area contributed by atoms with Gasteiger partial charge in [0.25, 0.3) is 5.91 Å². The molecule has 1 N–H and O–H groups in total. The number of nitrogens with one attached hydrogen (secondary N) is 1. The van der Waals surface area contributed by atoms with E-state index in [4.69, 9.17) is 4.74 Å². The van der Waals surface area contributed by atoms with Crippen LogP contribution in [0.4, 0.5) is 5.69 Å². The quantitative estimate of drug-likeness (QED) is 0.746. The molecule has 1 aromatic heterocycles. The van der Waals surface area contributed by atoms with Crippen molar-refractivity contribution in [3.63, 3.8) is 0 Å². The molecule has 1 aliphatic carbocycles. The number of ether oxygens (including phenoxy) is 1. The number of carbonyl (C=O) groups is 1. The van der Waals surface area contributed by atoms with Crippen LogP contribution in [0, 0.1) is 0 Å². The van der Waals surface area contributed by atoms with Crippen LogP contribution in [0.5, 0.6) is 5.75 Å². The van der Waals surface area contributed by atoms with E-state index in [1.807, 2.05) is 30.3 Å². The smallest absolute Gasteiger partial charge is 0.255 e. The summed E-state index contributed by atoms with van der Waals surface area (Å²) >= 11 is 0. The minimum atomic E-state index is -0.109. The van der Waals surface area contributed by atoms with Crippen LogP contribution in [0.2, 0.25) is 0 Å². The van der Waals surface area contributed by atoms with Gasteiger partial charge in [0, 0.05) is 29.2 Å². The van der Waals surface area contributed by atoms with Gasteiger partial charge >= 0.3 is 0 Å². The average molecular weight is 344 g/mol. The number of hydrogen-bond acceptors (Lipinski definition) is 3. The molecule has 2 aromatic carbocycles. The monoisotopic (exact) mass is 344 g/mol. The van der Waals surface area contributed by atoms with Crippen molar-refractivity contribution in [1.82, 2.24) is 4.98 Å². The lowest BCUT2D eigenvalue weighted by Gasteiger charge is -2.09. The van der Waals surface area contributed by atoms with Crippen molar-refractivity contribution >= 4 is 11.6 Å². The predicted octanol–water partition coefficient (Wildman–Crippen LogP) is 4.40. The maximum Gasteiger partial charge on any atom is 0.255 e. The second-order valence-electron chi connectivity index (χ2n) is 6.47. The molecular formula is C22H20N2O2. The van der Waals surface area contributed by atoms with Gasteiger partial charge in [-0.25, -0.2) is 0 Å². The number of carbonyl (C=O) groups excluding carboxylic acids is 1.